The van der Waals surface area contributed by atoms with E-state index in [-0.39, 0.29) is 17.8 Å². The minimum Gasteiger partial charge on any atom is -0.489 e. The van der Waals surface area contributed by atoms with E-state index in [1.165, 1.54) is 12.5 Å². The summed E-state index contributed by atoms with van der Waals surface area (Å²) in [4.78, 5) is 11.9. The number of hydrogen-bond acceptors (Lipinski definition) is 6. The zero-order valence-electron chi connectivity index (χ0n) is 19.0. The van der Waals surface area contributed by atoms with Crippen LogP contribution in [0.3, 0.4) is 0 Å². The van der Waals surface area contributed by atoms with Gasteiger partial charge in [0.25, 0.3) is 0 Å². The normalized spacial score (nSPS) is 18.0. The fourth-order valence-electron chi connectivity index (χ4n) is 4.67. The molecule has 7 heteroatoms. The maximum Gasteiger partial charge on any atom is 0.336 e. The van der Waals surface area contributed by atoms with Crippen molar-refractivity contribution in [3.8, 4) is 16.9 Å². The third-order valence-electron chi connectivity index (χ3n) is 6.40. The van der Waals surface area contributed by atoms with Gasteiger partial charge in [-0.3, -0.25) is 0 Å². The van der Waals surface area contributed by atoms with Crippen molar-refractivity contribution in [1.29, 1.82) is 0 Å². The van der Waals surface area contributed by atoms with E-state index in [1.54, 1.807) is 18.2 Å². The Morgan fingerprint density at radius 1 is 1.11 bits per heavy atom. The lowest BCUT2D eigenvalue weighted by Gasteiger charge is -2.27. The molecule has 0 spiro atoms. The van der Waals surface area contributed by atoms with E-state index >= 15 is 0 Å². The van der Waals surface area contributed by atoms with Crippen molar-refractivity contribution < 1.29 is 34.0 Å². The van der Waals surface area contributed by atoms with E-state index in [2.05, 4.69) is 0 Å². The van der Waals surface area contributed by atoms with Crippen LogP contribution in [0.2, 0.25) is 0 Å². The fraction of sp³-hybridized carbons (Fsp3) is 0.250. The van der Waals surface area contributed by atoms with Crippen molar-refractivity contribution >= 4 is 16.7 Å². The van der Waals surface area contributed by atoms with Crippen molar-refractivity contribution in [2.45, 2.75) is 38.3 Å². The van der Waals surface area contributed by atoms with Gasteiger partial charge in [0.2, 0.25) is 0 Å². The van der Waals surface area contributed by atoms with Gasteiger partial charge in [-0.05, 0) is 64.2 Å². The number of fused-ring (bicyclic) bond motifs is 1. The molecule has 1 fully saturated rings. The number of rotatable bonds is 7. The summed E-state index contributed by atoms with van der Waals surface area (Å²) in [5, 5.41) is 31.2. The number of aliphatic hydroxyl groups is 2. The van der Waals surface area contributed by atoms with Crippen LogP contribution in [0.1, 0.15) is 46.0 Å². The molecule has 3 aromatic carbocycles. The maximum atomic E-state index is 11.9. The van der Waals surface area contributed by atoms with Gasteiger partial charge in [-0.25, -0.2) is 4.79 Å². The molecule has 4 aromatic rings. The molecule has 180 valence electrons. The standard InChI is InChI=1S/C28H26O7/c29-14-25-24(28(31)32)12-20-11-22(4-5-23(20)27(25)19-6-8-33-16-19)35-15-17-2-1-3-18(10-17)26-13-21(30)7-9-34-26/h1-6,8,10-12,16,21,26,29-30H,7,9,13-15H2,(H,31,32). The Morgan fingerprint density at radius 2 is 2.00 bits per heavy atom. The second kappa shape index (κ2) is 9.92. The molecule has 1 aromatic heterocycles. The van der Waals surface area contributed by atoms with E-state index in [1.807, 2.05) is 36.4 Å². The highest BCUT2D eigenvalue weighted by atomic mass is 16.5. The third-order valence-corrected chi connectivity index (χ3v) is 6.40. The van der Waals surface area contributed by atoms with Gasteiger partial charge in [-0.1, -0.05) is 24.3 Å². The second-order valence-corrected chi connectivity index (χ2v) is 8.71. The SMILES string of the molecule is O=C(O)c1cc2cc(OCc3cccc(C4CC(O)CCO4)c3)ccc2c(-c2ccoc2)c1CO. The number of furan rings is 1. The van der Waals surface area contributed by atoms with E-state index in [0.717, 1.165) is 16.5 Å². The molecular weight excluding hydrogens is 448 g/mol. The lowest BCUT2D eigenvalue weighted by atomic mass is 9.91. The lowest BCUT2D eigenvalue weighted by Crippen LogP contribution is -2.23. The van der Waals surface area contributed by atoms with Gasteiger partial charge in [-0.15, -0.1) is 0 Å². The van der Waals surface area contributed by atoms with E-state index in [0.29, 0.717) is 53.9 Å². The average Bonchev–Trinajstić information content (AvgIpc) is 3.41. The Bertz CT molecular complexity index is 1340. The highest BCUT2D eigenvalue weighted by Gasteiger charge is 2.23. The highest BCUT2D eigenvalue weighted by molar-refractivity contribution is 6.05. The smallest absolute Gasteiger partial charge is 0.336 e. The van der Waals surface area contributed by atoms with E-state index in [9.17, 15) is 20.1 Å². The molecular formula is C28H26O7. The molecule has 5 rings (SSSR count). The average molecular weight is 475 g/mol. The third kappa shape index (κ3) is 4.79. The predicted octanol–water partition coefficient (Wildman–Crippen LogP) is 5.08. The van der Waals surface area contributed by atoms with Gasteiger partial charge in [0.15, 0.2) is 0 Å². The van der Waals surface area contributed by atoms with Crippen LogP contribution in [0.4, 0.5) is 0 Å². The van der Waals surface area contributed by atoms with Gasteiger partial charge in [0.1, 0.15) is 12.4 Å². The first-order chi connectivity index (χ1) is 17.0. The number of carboxylic acid groups (broad SMARTS) is 1. The summed E-state index contributed by atoms with van der Waals surface area (Å²) in [5.41, 5.74) is 3.68. The molecule has 0 bridgehead atoms. The molecule has 0 radical (unpaired) electrons. The molecule has 0 aliphatic carbocycles. The van der Waals surface area contributed by atoms with Crippen LogP contribution in [-0.4, -0.2) is 34.0 Å². The minimum atomic E-state index is -1.11. The highest BCUT2D eigenvalue weighted by Crippen LogP contribution is 2.37. The summed E-state index contributed by atoms with van der Waals surface area (Å²) >= 11 is 0. The fourth-order valence-corrected chi connectivity index (χ4v) is 4.67. The largest absolute Gasteiger partial charge is 0.489 e. The number of carbonyl (C=O) groups is 1. The quantitative estimate of drug-likeness (QED) is 0.343. The number of aromatic carboxylic acids is 1. The molecule has 1 saturated heterocycles. The summed E-state index contributed by atoms with van der Waals surface area (Å²) in [7, 11) is 0. The van der Waals surface area contributed by atoms with Crippen molar-refractivity contribution in [3.05, 3.63) is 89.4 Å². The Hall–Kier alpha value is -3.65. The molecule has 3 N–H and O–H groups in total. The number of carboxylic acids is 1. The molecule has 1 aliphatic heterocycles. The zero-order chi connectivity index (χ0) is 24.4. The van der Waals surface area contributed by atoms with Gasteiger partial charge >= 0.3 is 5.97 Å². The molecule has 2 heterocycles. The van der Waals surface area contributed by atoms with Crippen LogP contribution in [0.15, 0.2) is 71.5 Å². The van der Waals surface area contributed by atoms with Crippen molar-refractivity contribution in [2.75, 3.05) is 6.61 Å². The van der Waals surface area contributed by atoms with Gasteiger partial charge in [0.05, 0.1) is 36.9 Å². The van der Waals surface area contributed by atoms with Gasteiger partial charge in [-0.2, -0.15) is 0 Å². The zero-order valence-corrected chi connectivity index (χ0v) is 19.0. The van der Waals surface area contributed by atoms with Crippen LogP contribution in [-0.2, 0) is 18.0 Å². The topological polar surface area (TPSA) is 109 Å². The summed E-state index contributed by atoms with van der Waals surface area (Å²) in [5.74, 6) is -0.516. The molecule has 2 unspecified atom stereocenters. The first kappa shape index (κ1) is 23.1. The summed E-state index contributed by atoms with van der Waals surface area (Å²) < 4.78 is 17.1. The van der Waals surface area contributed by atoms with Crippen LogP contribution in [0, 0.1) is 0 Å². The first-order valence-electron chi connectivity index (χ1n) is 11.5. The van der Waals surface area contributed by atoms with Gasteiger partial charge < -0.3 is 29.2 Å². The van der Waals surface area contributed by atoms with E-state index in [4.69, 9.17) is 13.9 Å². The van der Waals surface area contributed by atoms with Crippen LogP contribution in [0.5, 0.6) is 5.75 Å². The molecule has 0 saturated carbocycles. The van der Waals surface area contributed by atoms with E-state index < -0.39 is 12.6 Å². The second-order valence-electron chi connectivity index (χ2n) is 8.71. The molecule has 1 aliphatic rings. The predicted molar refractivity (Wildman–Crippen MR) is 129 cm³/mol. The number of hydrogen-bond donors (Lipinski definition) is 3. The van der Waals surface area contributed by atoms with Crippen molar-refractivity contribution in [2.24, 2.45) is 0 Å². The van der Waals surface area contributed by atoms with Gasteiger partial charge in [0, 0.05) is 24.2 Å². The summed E-state index contributed by atoms with van der Waals surface area (Å²) in [6, 6.07) is 16.7. The lowest BCUT2D eigenvalue weighted by molar-refractivity contribution is -0.0448. The number of ether oxygens (including phenoxy) is 2. The molecule has 35 heavy (non-hydrogen) atoms. The molecule has 0 amide bonds. The number of benzene rings is 3. The van der Waals surface area contributed by atoms with Crippen LogP contribution >= 0.6 is 0 Å². The Morgan fingerprint density at radius 3 is 2.74 bits per heavy atom. The summed E-state index contributed by atoms with van der Waals surface area (Å²) in [6.45, 7) is 0.457. The minimum absolute atomic E-state index is 0.0377. The molecule has 7 nitrogen and oxygen atoms in total. The Labute approximate surface area is 202 Å². The maximum absolute atomic E-state index is 11.9. The van der Waals surface area contributed by atoms with Crippen LogP contribution < -0.4 is 4.74 Å². The Kier molecular flexibility index (Phi) is 6.55. The monoisotopic (exact) mass is 474 g/mol. The number of aliphatic hydroxyl groups excluding tert-OH is 2. The molecule has 2 atom stereocenters. The van der Waals surface area contributed by atoms with Crippen LogP contribution in [0.25, 0.3) is 21.9 Å². The van der Waals surface area contributed by atoms with Crippen molar-refractivity contribution in [3.63, 3.8) is 0 Å². The Balaban J connectivity index is 1.43. The first-order valence-corrected chi connectivity index (χ1v) is 11.5. The summed E-state index contributed by atoms with van der Waals surface area (Å²) in [6.07, 6.45) is 3.81. The van der Waals surface area contributed by atoms with Crippen molar-refractivity contribution in [1.82, 2.24) is 0 Å².